The molecule has 21 heavy (non-hydrogen) atoms. The van der Waals surface area contributed by atoms with Gasteiger partial charge in [-0.25, -0.2) is 8.42 Å². The first-order valence-electron chi connectivity index (χ1n) is 5.58. The summed E-state index contributed by atoms with van der Waals surface area (Å²) in [6.45, 7) is 0. The van der Waals surface area contributed by atoms with E-state index in [1.54, 1.807) is 17.5 Å². The van der Waals surface area contributed by atoms with Crippen LogP contribution in [0.15, 0.2) is 46.7 Å². The zero-order chi connectivity index (χ0) is 15.7. The van der Waals surface area contributed by atoms with Crippen LogP contribution in [0.25, 0.3) is 0 Å². The van der Waals surface area contributed by atoms with Gasteiger partial charge in [0.2, 0.25) is 13.8 Å². The summed E-state index contributed by atoms with van der Waals surface area (Å²) in [4.78, 5) is 0.648. The standard InChI is InChI=1S/C12H9Cl4NO2S2/c13-8-3-5-9(6-4-8)21(18,19)17-11(12(14,15)16)10-2-1-7-20-10/h1-7,11,17H/t11-/m1/s1. The Morgan fingerprint density at radius 3 is 2.19 bits per heavy atom. The first kappa shape index (κ1) is 17.3. The van der Waals surface area contributed by atoms with E-state index < -0.39 is 19.9 Å². The lowest BCUT2D eigenvalue weighted by Gasteiger charge is -2.24. The van der Waals surface area contributed by atoms with E-state index >= 15 is 0 Å². The fourth-order valence-electron chi connectivity index (χ4n) is 1.58. The molecule has 9 heteroatoms. The van der Waals surface area contributed by atoms with Crippen molar-refractivity contribution in [3.8, 4) is 0 Å². The van der Waals surface area contributed by atoms with Crippen LogP contribution in [0, 0.1) is 0 Å². The van der Waals surface area contributed by atoms with Crippen LogP contribution in [-0.2, 0) is 10.0 Å². The number of benzene rings is 1. The minimum Gasteiger partial charge on any atom is -0.207 e. The molecule has 1 aromatic carbocycles. The normalized spacial score (nSPS) is 14.1. The topological polar surface area (TPSA) is 46.2 Å². The minimum atomic E-state index is -3.84. The molecule has 0 amide bonds. The Labute approximate surface area is 146 Å². The molecule has 0 saturated heterocycles. The molecule has 2 aromatic rings. The van der Waals surface area contributed by atoms with E-state index in [2.05, 4.69) is 4.72 Å². The average molecular weight is 405 g/mol. The van der Waals surface area contributed by atoms with Gasteiger partial charge in [-0.3, -0.25) is 0 Å². The molecule has 1 atom stereocenters. The predicted molar refractivity (Wildman–Crippen MR) is 89.1 cm³/mol. The van der Waals surface area contributed by atoms with Crippen molar-refractivity contribution in [2.24, 2.45) is 0 Å². The molecule has 3 nitrogen and oxygen atoms in total. The van der Waals surface area contributed by atoms with Crippen LogP contribution in [0.3, 0.4) is 0 Å². The largest absolute Gasteiger partial charge is 0.241 e. The molecule has 0 fully saturated rings. The summed E-state index contributed by atoms with van der Waals surface area (Å²) in [6, 6.07) is 8.19. The first-order chi connectivity index (χ1) is 9.70. The fourth-order valence-corrected chi connectivity index (χ4v) is 4.77. The van der Waals surface area contributed by atoms with Gasteiger partial charge in [-0.1, -0.05) is 52.5 Å². The molecule has 0 bridgehead atoms. The average Bonchev–Trinajstić information content (AvgIpc) is 2.88. The number of alkyl halides is 3. The number of halogens is 4. The van der Waals surface area contributed by atoms with Crippen molar-refractivity contribution in [2.75, 3.05) is 0 Å². The molecule has 0 radical (unpaired) electrons. The molecule has 1 aromatic heterocycles. The Morgan fingerprint density at radius 2 is 1.71 bits per heavy atom. The number of thiophene rings is 1. The number of rotatable bonds is 4. The van der Waals surface area contributed by atoms with Gasteiger partial charge in [-0.2, -0.15) is 4.72 Å². The number of hydrogen-bond acceptors (Lipinski definition) is 3. The smallest absolute Gasteiger partial charge is 0.207 e. The van der Waals surface area contributed by atoms with Crippen LogP contribution in [0.5, 0.6) is 0 Å². The van der Waals surface area contributed by atoms with Crippen molar-refractivity contribution < 1.29 is 8.42 Å². The monoisotopic (exact) mass is 403 g/mol. The van der Waals surface area contributed by atoms with Gasteiger partial charge in [0.05, 0.1) is 4.90 Å². The number of hydrogen-bond donors (Lipinski definition) is 1. The Kier molecular flexibility index (Phi) is 5.47. The molecule has 0 aliphatic heterocycles. The van der Waals surface area contributed by atoms with Gasteiger partial charge >= 0.3 is 0 Å². The summed E-state index contributed by atoms with van der Waals surface area (Å²) in [5.74, 6) is 0. The zero-order valence-electron chi connectivity index (χ0n) is 10.3. The SMILES string of the molecule is O=S(=O)(N[C@H](c1cccs1)C(Cl)(Cl)Cl)c1ccc(Cl)cc1. The van der Waals surface area contributed by atoms with Gasteiger partial charge in [0, 0.05) is 9.90 Å². The van der Waals surface area contributed by atoms with E-state index in [4.69, 9.17) is 46.4 Å². The number of nitrogens with one attached hydrogen (secondary N) is 1. The van der Waals surface area contributed by atoms with Gasteiger partial charge in [0.15, 0.2) is 0 Å². The predicted octanol–water partition coefficient (Wildman–Crippen LogP) is 4.79. The van der Waals surface area contributed by atoms with Crippen LogP contribution < -0.4 is 4.72 Å². The summed E-state index contributed by atoms with van der Waals surface area (Å²) < 4.78 is 25.3. The lowest BCUT2D eigenvalue weighted by molar-refractivity contribution is 0.560. The molecule has 0 aliphatic carbocycles. The Balaban J connectivity index is 2.34. The highest BCUT2D eigenvalue weighted by molar-refractivity contribution is 7.89. The third-order valence-electron chi connectivity index (χ3n) is 2.55. The van der Waals surface area contributed by atoms with E-state index in [1.807, 2.05) is 0 Å². The minimum absolute atomic E-state index is 0.0442. The lowest BCUT2D eigenvalue weighted by atomic mass is 10.3. The Bertz CT molecular complexity index is 694. The summed E-state index contributed by atoms with van der Waals surface area (Å²) >= 11 is 24.7. The van der Waals surface area contributed by atoms with Gasteiger partial charge in [0.25, 0.3) is 0 Å². The van der Waals surface area contributed by atoms with E-state index in [-0.39, 0.29) is 4.90 Å². The molecule has 2 rings (SSSR count). The highest BCUT2D eigenvalue weighted by atomic mass is 35.6. The molecule has 114 valence electrons. The lowest BCUT2D eigenvalue weighted by Crippen LogP contribution is -2.36. The van der Waals surface area contributed by atoms with Crippen LogP contribution in [-0.4, -0.2) is 12.2 Å². The zero-order valence-corrected chi connectivity index (χ0v) is 14.9. The summed E-state index contributed by atoms with van der Waals surface area (Å²) in [6.07, 6.45) is 0. The number of sulfonamides is 1. The Morgan fingerprint density at radius 1 is 1.10 bits per heavy atom. The van der Waals surface area contributed by atoms with Gasteiger partial charge in [-0.05, 0) is 35.7 Å². The second kappa shape index (κ2) is 6.62. The fraction of sp³-hybridized carbons (Fsp3) is 0.167. The molecule has 1 N–H and O–H groups in total. The molecular formula is C12H9Cl4NO2S2. The van der Waals surface area contributed by atoms with Gasteiger partial charge in [-0.15, -0.1) is 11.3 Å². The van der Waals surface area contributed by atoms with Crippen molar-refractivity contribution in [2.45, 2.75) is 14.7 Å². The van der Waals surface area contributed by atoms with E-state index in [0.29, 0.717) is 9.90 Å². The molecule has 1 heterocycles. The van der Waals surface area contributed by atoms with Crippen molar-refractivity contribution in [1.29, 1.82) is 0 Å². The van der Waals surface area contributed by atoms with Crippen LogP contribution in [0.2, 0.25) is 5.02 Å². The maximum absolute atomic E-state index is 12.4. The molecule has 0 unspecified atom stereocenters. The maximum Gasteiger partial charge on any atom is 0.241 e. The summed E-state index contributed by atoms with van der Waals surface area (Å²) in [5.41, 5.74) is 0. The van der Waals surface area contributed by atoms with Crippen LogP contribution in [0.4, 0.5) is 0 Å². The van der Waals surface area contributed by atoms with E-state index in [1.165, 1.54) is 35.6 Å². The highest BCUT2D eigenvalue weighted by Crippen LogP contribution is 2.42. The molecule has 0 spiro atoms. The van der Waals surface area contributed by atoms with Gasteiger partial charge < -0.3 is 0 Å². The molecule has 0 saturated carbocycles. The summed E-state index contributed by atoms with van der Waals surface area (Å²) in [5, 5.41) is 2.21. The van der Waals surface area contributed by atoms with Gasteiger partial charge in [0.1, 0.15) is 6.04 Å². The van der Waals surface area contributed by atoms with E-state index in [9.17, 15) is 8.42 Å². The maximum atomic E-state index is 12.4. The van der Waals surface area contributed by atoms with Crippen LogP contribution >= 0.6 is 57.7 Å². The van der Waals surface area contributed by atoms with Crippen LogP contribution in [0.1, 0.15) is 10.9 Å². The summed E-state index contributed by atoms with van der Waals surface area (Å²) in [7, 11) is -3.84. The quantitative estimate of drug-likeness (QED) is 0.744. The molecule has 0 aliphatic rings. The highest BCUT2D eigenvalue weighted by Gasteiger charge is 2.38. The van der Waals surface area contributed by atoms with Crippen molar-refractivity contribution in [3.05, 3.63) is 51.7 Å². The van der Waals surface area contributed by atoms with E-state index in [0.717, 1.165) is 0 Å². The molecular weight excluding hydrogens is 396 g/mol. The Hall–Kier alpha value is -0.0100. The van der Waals surface area contributed by atoms with Crippen molar-refractivity contribution in [3.63, 3.8) is 0 Å². The second-order valence-electron chi connectivity index (χ2n) is 4.07. The second-order valence-corrected chi connectivity index (χ2v) is 9.56. The van der Waals surface area contributed by atoms with Crippen molar-refractivity contribution >= 4 is 67.8 Å². The third kappa shape index (κ3) is 4.48. The van der Waals surface area contributed by atoms with Crippen molar-refractivity contribution in [1.82, 2.24) is 4.72 Å². The first-order valence-corrected chi connectivity index (χ1v) is 9.45. The third-order valence-corrected chi connectivity index (χ3v) is 5.83.